The van der Waals surface area contributed by atoms with Crippen molar-refractivity contribution in [2.75, 3.05) is 0 Å². The summed E-state index contributed by atoms with van der Waals surface area (Å²) in [5.41, 5.74) is 3.96. The molecule has 0 radical (unpaired) electrons. The maximum absolute atomic E-state index is 13.5. The van der Waals surface area contributed by atoms with E-state index < -0.39 is 29.6 Å². The van der Waals surface area contributed by atoms with Gasteiger partial charge in [-0.15, -0.1) is 0 Å². The average molecular weight is 566 g/mol. The Balaban J connectivity index is 1.85. The average Bonchev–Trinajstić information content (AvgIpc) is 3.22. The number of aromatic hydroxyl groups is 1. The molecule has 7 nitrogen and oxygen atoms in total. The van der Waals surface area contributed by atoms with Crippen molar-refractivity contribution in [2.45, 2.75) is 111 Å². The number of aliphatic hydroxyl groups is 1. The number of carboxylic acid groups (broad SMARTS) is 1. The molecule has 2 aliphatic rings. The molecule has 4 unspecified atom stereocenters. The minimum absolute atomic E-state index is 0.0742. The fourth-order valence-corrected chi connectivity index (χ4v) is 5.84. The maximum Gasteiger partial charge on any atom is 0.326 e. The lowest BCUT2D eigenvalue weighted by molar-refractivity contribution is -0.143. The number of benzene rings is 1. The van der Waals surface area contributed by atoms with Crippen molar-refractivity contribution in [3.63, 3.8) is 0 Å². The molecule has 1 aromatic carbocycles. The zero-order chi connectivity index (χ0) is 30.5. The van der Waals surface area contributed by atoms with Gasteiger partial charge in [0.2, 0.25) is 0 Å². The van der Waals surface area contributed by atoms with E-state index in [9.17, 15) is 24.9 Å². The summed E-state index contributed by atoms with van der Waals surface area (Å²) in [6.07, 6.45) is 13.1. The Morgan fingerprint density at radius 1 is 1.20 bits per heavy atom. The summed E-state index contributed by atoms with van der Waals surface area (Å²) in [4.78, 5) is 27.3. The van der Waals surface area contributed by atoms with Crippen LogP contribution in [0.4, 0.5) is 0 Å². The van der Waals surface area contributed by atoms with Gasteiger partial charge in [-0.2, -0.15) is 0 Å². The minimum Gasteiger partial charge on any atom is -0.508 e. The highest BCUT2D eigenvalue weighted by Gasteiger charge is 2.46. The number of nitrogens with zero attached hydrogens (tertiary/aromatic N) is 1. The van der Waals surface area contributed by atoms with Crippen LogP contribution in [0.1, 0.15) is 102 Å². The summed E-state index contributed by atoms with van der Waals surface area (Å²) < 4.78 is 6.46. The Bertz CT molecular complexity index is 1270. The number of phenols is 1. The lowest BCUT2D eigenvalue weighted by atomic mass is 9.84. The van der Waals surface area contributed by atoms with E-state index in [1.54, 1.807) is 0 Å². The first-order valence-corrected chi connectivity index (χ1v) is 14.7. The number of allylic oxidation sites excluding steroid dienone is 8. The molecule has 0 bridgehead atoms. The standard InChI is InChI=1S/C34H47NO6/c1-8-12-24(9-2)23(6)17-28(33(39)40)35-20-27-25(32(35)38)18-29(36)26-19-30(37)34(7,41-31(26)27)16-11-15-22(5)14-10-13-21(3)4/h8-9,12-13,15,18,23,28,30,36-37H,10-11,14,16-17,19-20H2,1-7H3,(H,39,40)/b12-8-,22-15+,24-9+. The van der Waals surface area contributed by atoms with E-state index in [1.165, 1.54) is 22.1 Å². The van der Waals surface area contributed by atoms with Crippen LogP contribution >= 0.6 is 0 Å². The normalized spacial score (nSPS) is 22.3. The van der Waals surface area contributed by atoms with Crippen molar-refractivity contribution in [3.8, 4) is 11.5 Å². The number of aliphatic carboxylic acids is 1. The Morgan fingerprint density at radius 2 is 1.90 bits per heavy atom. The molecule has 0 spiro atoms. The van der Waals surface area contributed by atoms with Crippen LogP contribution in [0.15, 0.2) is 53.2 Å². The van der Waals surface area contributed by atoms with Gasteiger partial charge in [-0.25, -0.2) is 4.79 Å². The molecule has 1 amide bonds. The van der Waals surface area contributed by atoms with Crippen LogP contribution < -0.4 is 4.74 Å². The lowest BCUT2D eigenvalue weighted by Gasteiger charge is -2.41. The zero-order valence-electron chi connectivity index (χ0n) is 25.7. The fraction of sp³-hybridized carbons (Fsp3) is 0.529. The molecule has 0 saturated carbocycles. The lowest BCUT2D eigenvalue weighted by Crippen LogP contribution is -2.49. The molecule has 2 aliphatic heterocycles. The molecule has 0 aromatic heterocycles. The predicted molar refractivity (Wildman–Crippen MR) is 162 cm³/mol. The van der Waals surface area contributed by atoms with E-state index in [0.29, 0.717) is 29.7 Å². The summed E-state index contributed by atoms with van der Waals surface area (Å²) in [5, 5.41) is 32.0. The Labute approximate surface area is 244 Å². The van der Waals surface area contributed by atoms with Crippen molar-refractivity contribution >= 4 is 11.9 Å². The van der Waals surface area contributed by atoms with Gasteiger partial charge in [0.05, 0.1) is 18.2 Å². The van der Waals surface area contributed by atoms with Gasteiger partial charge in [0.15, 0.2) is 0 Å². The molecule has 4 atom stereocenters. The van der Waals surface area contributed by atoms with Crippen LogP contribution in [0.3, 0.4) is 0 Å². The topological polar surface area (TPSA) is 107 Å². The summed E-state index contributed by atoms with van der Waals surface area (Å²) in [6, 6.07) is 0.357. The molecule has 0 aliphatic carbocycles. The van der Waals surface area contributed by atoms with Crippen molar-refractivity contribution in [1.29, 1.82) is 0 Å². The molecule has 0 saturated heterocycles. The van der Waals surface area contributed by atoms with Gasteiger partial charge in [0.25, 0.3) is 5.91 Å². The molecule has 41 heavy (non-hydrogen) atoms. The third-order valence-electron chi connectivity index (χ3n) is 8.45. The number of phenolic OH excluding ortho intramolecular Hbond substituents is 1. The smallest absolute Gasteiger partial charge is 0.326 e. The number of amides is 1. The van der Waals surface area contributed by atoms with E-state index >= 15 is 0 Å². The van der Waals surface area contributed by atoms with Gasteiger partial charge in [-0.1, -0.05) is 48.5 Å². The number of rotatable bonds is 12. The van der Waals surface area contributed by atoms with Gasteiger partial charge in [0.1, 0.15) is 23.1 Å². The Morgan fingerprint density at radius 3 is 2.51 bits per heavy atom. The predicted octanol–water partition coefficient (Wildman–Crippen LogP) is 6.88. The highest BCUT2D eigenvalue weighted by Crippen LogP contribution is 2.47. The zero-order valence-corrected chi connectivity index (χ0v) is 25.7. The molecular formula is C34H47NO6. The van der Waals surface area contributed by atoms with E-state index in [1.807, 2.05) is 45.9 Å². The van der Waals surface area contributed by atoms with Crippen molar-refractivity contribution in [3.05, 3.63) is 69.9 Å². The number of carbonyl (C=O) groups excluding carboxylic acids is 1. The van der Waals surface area contributed by atoms with Crippen LogP contribution in [0.5, 0.6) is 11.5 Å². The third kappa shape index (κ3) is 7.31. The SMILES string of the molecule is C/C=C\C(=C/C)C(C)CC(C(=O)O)N1Cc2c(cc(O)c3c2OC(C)(CC/C=C(\C)CCC=C(C)C)C(O)C3)C1=O. The van der Waals surface area contributed by atoms with Crippen molar-refractivity contribution in [2.24, 2.45) is 5.92 Å². The van der Waals surface area contributed by atoms with Crippen LogP contribution in [0.2, 0.25) is 0 Å². The molecule has 3 rings (SSSR count). The van der Waals surface area contributed by atoms with E-state index in [2.05, 4.69) is 32.9 Å². The first kappa shape index (κ1) is 32.2. The van der Waals surface area contributed by atoms with Crippen LogP contribution in [0.25, 0.3) is 0 Å². The molecule has 3 N–H and O–H groups in total. The summed E-state index contributed by atoms with van der Waals surface area (Å²) >= 11 is 0. The first-order valence-electron chi connectivity index (χ1n) is 14.7. The van der Waals surface area contributed by atoms with E-state index in [4.69, 9.17) is 4.74 Å². The first-order chi connectivity index (χ1) is 19.3. The number of aliphatic hydroxyl groups excluding tert-OH is 1. The maximum atomic E-state index is 13.5. The van der Waals surface area contributed by atoms with Crippen LogP contribution in [-0.2, 0) is 17.8 Å². The number of fused-ring (bicyclic) bond motifs is 3. The van der Waals surface area contributed by atoms with Gasteiger partial charge in [-0.3, -0.25) is 4.79 Å². The van der Waals surface area contributed by atoms with E-state index in [-0.39, 0.29) is 36.6 Å². The molecule has 1 aromatic rings. The number of hydrogen-bond acceptors (Lipinski definition) is 5. The number of carboxylic acids is 1. The third-order valence-corrected chi connectivity index (χ3v) is 8.45. The highest BCUT2D eigenvalue weighted by atomic mass is 16.5. The van der Waals surface area contributed by atoms with Gasteiger partial charge < -0.3 is 25.0 Å². The second-order valence-electron chi connectivity index (χ2n) is 12.0. The molecule has 2 heterocycles. The number of hydrogen-bond donors (Lipinski definition) is 3. The second kappa shape index (κ2) is 13.6. The monoisotopic (exact) mass is 565 g/mol. The Hall–Kier alpha value is -3.32. The number of ether oxygens (including phenoxy) is 1. The van der Waals surface area contributed by atoms with Crippen molar-refractivity contribution < 1.29 is 29.6 Å². The quantitative estimate of drug-likeness (QED) is 0.188. The van der Waals surface area contributed by atoms with Gasteiger partial charge in [0, 0.05) is 17.5 Å². The van der Waals surface area contributed by atoms with E-state index in [0.717, 1.165) is 18.4 Å². The molecule has 7 heteroatoms. The molecule has 224 valence electrons. The molecular weight excluding hydrogens is 518 g/mol. The van der Waals surface area contributed by atoms with Crippen molar-refractivity contribution in [1.82, 2.24) is 4.90 Å². The van der Waals surface area contributed by atoms with Gasteiger partial charge >= 0.3 is 5.97 Å². The second-order valence-corrected chi connectivity index (χ2v) is 12.0. The van der Waals surface area contributed by atoms with Gasteiger partial charge in [-0.05, 0) is 91.2 Å². The van der Waals surface area contributed by atoms with Crippen LogP contribution in [0, 0.1) is 5.92 Å². The number of carbonyl (C=O) groups is 2. The Kier molecular flexibility index (Phi) is 10.6. The fourth-order valence-electron chi connectivity index (χ4n) is 5.84. The highest BCUT2D eigenvalue weighted by molar-refractivity contribution is 6.02. The van der Waals surface area contributed by atoms with Crippen LogP contribution in [-0.4, -0.2) is 49.8 Å². The molecule has 0 fully saturated rings. The summed E-state index contributed by atoms with van der Waals surface area (Å²) in [6.45, 7) is 14.0. The minimum atomic E-state index is -1.07. The summed E-state index contributed by atoms with van der Waals surface area (Å²) in [7, 11) is 0. The summed E-state index contributed by atoms with van der Waals surface area (Å²) in [5.74, 6) is -1.30. The largest absolute Gasteiger partial charge is 0.508 e.